The fourth-order valence-electron chi connectivity index (χ4n) is 1.80. The number of amides is 1. The first-order valence-corrected chi connectivity index (χ1v) is 5.45. The summed E-state index contributed by atoms with van der Waals surface area (Å²) in [5.41, 5.74) is 0.441. The maximum absolute atomic E-state index is 11.9. The minimum absolute atomic E-state index is 0.0122. The maximum Gasteiger partial charge on any atom is 0.272 e. The first kappa shape index (κ1) is 10.4. The van der Waals surface area contributed by atoms with Crippen molar-refractivity contribution in [3.05, 3.63) is 29.0 Å². The summed E-state index contributed by atoms with van der Waals surface area (Å²) in [5.74, 6) is 0.579. The number of pyridine rings is 1. The molecule has 1 saturated heterocycles. The van der Waals surface area contributed by atoms with Crippen LogP contribution in [0.2, 0.25) is 5.02 Å². The van der Waals surface area contributed by atoms with Gasteiger partial charge in [-0.25, -0.2) is 0 Å². The molecular weight excluding hydrogens is 212 g/mol. The minimum Gasteiger partial charge on any atom is -0.337 e. The number of hydrogen-bond donors (Lipinski definition) is 0. The molecule has 3 nitrogen and oxygen atoms in total. The molecule has 4 heteroatoms. The predicted octanol–water partition coefficient (Wildman–Crippen LogP) is 2.22. The molecular formula is C11H13ClN2O. The lowest BCUT2D eigenvalue weighted by molar-refractivity contribution is 0.0782. The second kappa shape index (κ2) is 4.19. The van der Waals surface area contributed by atoms with E-state index in [1.165, 1.54) is 0 Å². The van der Waals surface area contributed by atoms with Crippen molar-refractivity contribution in [1.29, 1.82) is 0 Å². The molecule has 15 heavy (non-hydrogen) atoms. The van der Waals surface area contributed by atoms with Crippen LogP contribution in [-0.2, 0) is 0 Å². The van der Waals surface area contributed by atoms with Crippen molar-refractivity contribution in [2.75, 3.05) is 13.1 Å². The SMILES string of the molecule is CC1CCN(C(=O)c2cc(Cl)ccn2)C1. The van der Waals surface area contributed by atoms with E-state index in [4.69, 9.17) is 11.6 Å². The number of hydrogen-bond acceptors (Lipinski definition) is 2. The average molecular weight is 225 g/mol. The van der Waals surface area contributed by atoms with Gasteiger partial charge in [-0.05, 0) is 24.5 Å². The molecule has 0 aliphatic carbocycles. The second-order valence-electron chi connectivity index (χ2n) is 4.00. The Balaban J connectivity index is 2.14. The zero-order chi connectivity index (χ0) is 10.8. The molecule has 1 fully saturated rings. The highest BCUT2D eigenvalue weighted by atomic mass is 35.5. The van der Waals surface area contributed by atoms with E-state index in [2.05, 4.69) is 11.9 Å². The van der Waals surface area contributed by atoms with Crippen molar-refractivity contribution in [3.63, 3.8) is 0 Å². The van der Waals surface area contributed by atoms with Crippen LogP contribution < -0.4 is 0 Å². The summed E-state index contributed by atoms with van der Waals surface area (Å²) >= 11 is 5.81. The number of nitrogens with zero attached hydrogens (tertiary/aromatic N) is 2. The molecule has 2 heterocycles. The van der Waals surface area contributed by atoms with Gasteiger partial charge in [0.1, 0.15) is 5.69 Å². The van der Waals surface area contributed by atoms with Crippen LogP contribution in [-0.4, -0.2) is 28.9 Å². The van der Waals surface area contributed by atoms with Crippen LogP contribution in [0.1, 0.15) is 23.8 Å². The molecule has 1 aromatic heterocycles. The van der Waals surface area contributed by atoms with E-state index in [0.717, 1.165) is 19.5 Å². The third-order valence-electron chi connectivity index (χ3n) is 2.65. The van der Waals surface area contributed by atoms with Gasteiger partial charge in [0.05, 0.1) is 0 Å². The smallest absolute Gasteiger partial charge is 0.272 e. The number of halogens is 1. The van der Waals surface area contributed by atoms with Gasteiger partial charge in [-0.1, -0.05) is 18.5 Å². The lowest BCUT2D eigenvalue weighted by atomic mass is 10.2. The van der Waals surface area contributed by atoms with Gasteiger partial charge in [0.2, 0.25) is 0 Å². The molecule has 80 valence electrons. The molecule has 1 aromatic rings. The van der Waals surface area contributed by atoms with E-state index in [-0.39, 0.29) is 5.91 Å². The lowest BCUT2D eigenvalue weighted by Crippen LogP contribution is -2.29. The van der Waals surface area contributed by atoms with Crippen LogP contribution in [0, 0.1) is 5.92 Å². The van der Waals surface area contributed by atoms with Crippen LogP contribution in [0.25, 0.3) is 0 Å². The number of carbonyl (C=O) groups is 1. The van der Waals surface area contributed by atoms with Crippen molar-refractivity contribution in [3.8, 4) is 0 Å². The van der Waals surface area contributed by atoms with Crippen LogP contribution in [0.15, 0.2) is 18.3 Å². The van der Waals surface area contributed by atoms with Crippen LogP contribution in [0.3, 0.4) is 0 Å². The van der Waals surface area contributed by atoms with Crippen molar-refractivity contribution in [2.24, 2.45) is 5.92 Å². The van der Waals surface area contributed by atoms with E-state index in [9.17, 15) is 4.79 Å². The second-order valence-corrected chi connectivity index (χ2v) is 4.44. The Labute approximate surface area is 94.1 Å². The van der Waals surface area contributed by atoms with Gasteiger partial charge in [-0.2, -0.15) is 0 Å². The van der Waals surface area contributed by atoms with Crippen molar-refractivity contribution in [1.82, 2.24) is 9.88 Å². The number of rotatable bonds is 1. The summed E-state index contributed by atoms with van der Waals surface area (Å²) in [4.78, 5) is 17.8. The van der Waals surface area contributed by atoms with Crippen LogP contribution in [0.5, 0.6) is 0 Å². The molecule has 1 amide bonds. The molecule has 1 aliphatic rings. The van der Waals surface area contributed by atoms with Gasteiger partial charge in [0.25, 0.3) is 5.91 Å². The zero-order valence-corrected chi connectivity index (χ0v) is 9.37. The molecule has 1 unspecified atom stereocenters. The topological polar surface area (TPSA) is 33.2 Å². The third kappa shape index (κ3) is 2.29. The number of aromatic nitrogens is 1. The largest absolute Gasteiger partial charge is 0.337 e. The van der Waals surface area contributed by atoms with Gasteiger partial charge in [0.15, 0.2) is 0 Å². The number of carbonyl (C=O) groups excluding carboxylic acids is 1. The Morgan fingerprint density at radius 1 is 1.67 bits per heavy atom. The van der Waals surface area contributed by atoms with Crippen molar-refractivity contribution >= 4 is 17.5 Å². The Kier molecular flexibility index (Phi) is 2.91. The third-order valence-corrected chi connectivity index (χ3v) is 2.89. The average Bonchev–Trinajstić information content (AvgIpc) is 2.64. The quantitative estimate of drug-likeness (QED) is 0.733. The fourth-order valence-corrected chi connectivity index (χ4v) is 1.96. The summed E-state index contributed by atoms with van der Waals surface area (Å²) in [6.45, 7) is 3.81. The molecule has 0 spiro atoms. The van der Waals surface area contributed by atoms with Gasteiger partial charge in [0, 0.05) is 24.3 Å². The lowest BCUT2D eigenvalue weighted by Gasteiger charge is -2.14. The molecule has 1 atom stereocenters. The predicted molar refractivity (Wildman–Crippen MR) is 58.9 cm³/mol. The first-order chi connectivity index (χ1) is 7.16. The molecule has 0 saturated carbocycles. The summed E-state index contributed by atoms with van der Waals surface area (Å²) in [5, 5.41) is 0.556. The van der Waals surface area contributed by atoms with Gasteiger partial charge < -0.3 is 4.90 Å². The Bertz CT molecular complexity index is 381. The Morgan fingerprint density at radius 3 is 3.07 bits per heavy atom. The summed E-state index contributed by atoms with van der Waals surface area (Å²) in [7, 11) is 0. The normalized spacial score (nSPS) is 20.7. The van der Waals surface area contributed by atoms with E-state index in [1.807, 2.05) is 4.90 Å². The summed E-state index contributed by atoms with van der Waals surface area (Å²) in [6.07, 6.45) is 2.64. The van der Waals surface area contributed by atoms with Crippen LogP contribution >= 0.6 is 11.6 Å². The maximum atomic E-state index is 11.9. The van der Waals surface area contributed by atoms with Crippen LogP contribution in [0.4, 0.5) is 0 Å². The molecule has 0 radical (unpaired) electrons. The van der Waals surface area contributed by atoms with Gasteiger partial charge >= 0.3 is 0 Å². The highest BCUT2D eigenvalue weighted by molar-refractivity contribution is 6.30. The first-order valence-electron chi connectivity index (χ1n) is 5.07. The summed E-state index contributed by atoms with van der Waals surface area (Å²) < 4.78 is 0. The Morgan fingerprint density at radius 2 is 2.47 bits per heavy atom. The molecule has 1 aliphatic heterocycles. The zero-order valence-electron chi connectivity index (χ0n) is 8.61. The van der Waals surface area contributed by atoms with Crippen molar-refractivity contribution < 1.29 is 4.79 Å². The van der Waals surface area contributed by atoms with E-state index in [0.29, 0.717) is 16.6 Å². The van der Waals surface area contributed by atoms with E-state index in [1.54, 1.807) is 18.3 Å². The fraction of sp³-hybridized carbons (Fsp3) is 0.455. The summed E-state index contributed by atoms with van der Waals surface area (Å²) in [6, 6.07) is 3.29. The molecule has 0 aromatic carbocycles. The minimum atomic E-state index is -0.0122. The highest BCUT2D eigenvalue weighted by Crippen LogP contribution is 2.18. The highest BCUT2D eigenvalue weighted by Gasteiger charge is 2.24. The van der Waals surface area contributed by atoms with Gasteiger partial charge in [-0.15, -0.1) is 0 Å². The standard InChI is InChI=1S/C11H13ClN2O/c1-8-3-5-14(7-8)11(15)10-6-9(12)2-4-13-10/h2,4,6,8H,3,5,7H2,1H3. The Hall–Kier alpha value is -1.09. The molecule has 0 N–H and O–H groups in total. The molecule has 2 rings (SSSR count). The monoisotopic (exact) mass is 224 g/mol. The van der Waals surface area contributed by atoms with E-state index < -0.39 is 0 Å². The van der Waals surface area contributed by atoms with E-state index >= 15 is 0 Å². The van der Waals surface area contributed by atoms with Crippen molar-refractivity contribution in [2.45, 2.75) is 13.3 Å². The van der Waals surface area contributed by atoms with Gasteiger partial charge in [-0.3, -0.25) is 9.78 Å². The molecule has 0 bridgehead atoms. The number of likely N-dealkylation sites (tertiary alicyclic amines) is 1.